The van der Waals surface area contributed by atoms with E-state index in [2.05, 4.69) is 44.3 Å². The van der Waals surface area contributed by atoms with Crippen LogP contribution in [-0.4, -0.2) is 113 Å². The van der Waals surface area contributed by atoms with Gasteiger partial charge in [0.15, 0.2) is 5.96 Å². The summed E-state index contributed by atoms with van der Waals surface area (Å²) in [6, 6.07) is 0. The van der Waals surface area contributed by atoms with E-state index in [4.69, 9.17) is 4.74 Å². The highest BCUT2D eigenvalue weighted by Crippen LogP contribution is 2.03. The lowest BCUT2D eigenvalue weighted by atomic mass is 10.1. The van der Waals surface area contributed by atoms with E-state index >= 15 is 0 Å². The maximum absolute atomic E-state index is 5.38. The first-order valence-electron chi connectivity index (χ1n) is 9.33. The summed E-state index contributed by atoms with van der Waals surface area (Å²) in [5, 5.41) is 6.88. The van der Waals surface area contributed by atoms with E-state index in [1.807, 2.05) is 7.05 Å². The second kappa shape index (κ2) is 10.9. The van der Waals surface area contributed by atoms with Crippen LogP contribution in [0.25, 0.3) is 0 Å². The molecule has 2 fully saturated rings. The quantitative estimate of drug-likeness (QED) is 0.475. The van der Waals surface area contributed by atoms with Crippen molar-refractivity contribution in [3.05, 3.63) is 0 Å². The average molecular weight is 341 g/mol. The van der Waals surface area contributed by atoms with Crippen molar-refractivity contribution in [3.63, 3.8) is 0 Å². The first kappa shape index (κ1) is 19.4. The molecule has 0 radical (unpaired) electrons. The number of ether oxygens (including phenoxy) is 1. The third kappa shape index (κ3) is 7.34. The Bertz CT molecular complexity index is 364. The second-order valence-corrected chi connectivity index (χ2v) is 7.04. The normalized spacial score (nSPS) is 23.2. The topological polar surface area (TPSA) is 55.4 Å². The van der Waals surface area contributed by atoms with E-state index in [9.17, 15) is 0 Å². The van der Waals surface area contributed by atoms with Gasteiger partial charge in [0.2, 0.25) is 0 Å². The van der Waals surface area contributed by atoms with Crippen LogP contribution < -0.4 is 10.6 Å². The van der Waals surface area contributed by atoms with Crippen LogP contribution in [0.15, 0.2) is 4.99 Å². The molecule has 140 valence electrons. The standard InChI is InChI=1S/C17H36N6O/c1-16(15-23-8-6-21(3)7-9-23)14-20-17(18-2)19-4-5-22-10-12-24-13-11-22/h16H,4-15H2,1-3H3,(H2,18,19,20). The van der Waals surface area contributed by atoms with Crippen molar-refractivity contribution in [1.82, 2.24) is 25.3 Å². The summed E-state index contributed by atoms with van der Waals surface area (Å²) in [5.41, 5.74) is 0. The average Bonchev–Trinajstić information content (AvgIpc) is 2.61. The Morgan fingerprint density at radius 1 is 1.04 bits per heavy atom. The van der Waals surface area contributed by atoms with Crippen molar-refractivity contribution < 1.29 is 4.74 Å². The van der Waals surface area contributed by atoms with Gasteiger partial charge < -0.3 is 25.2 Å². The van der Waals surface area contributed by atoms with Crippen LogP contribution in [0.3, 0.4) is 0 Å². The van der Waals surface area contributed by atoms with E-state index in [0.29, 0.717) is 5.92 Å². The van der Waals surface area contributed by atoms with Crippen molar-refractivity contribution >= 4 is 5.96 Å². The smallest absolute Gasteiger partial charge is 0.191 e. The van der Waals surface area contributed by atoms with Crippen LogP contribution >= 0.6 is 0 Å². The molecule has 2 aliphatic heterocycles. The molecular formula is C17H36N6O. The Balaban J connectivity index is 1.56. The SMILES string of the molecule is CN=C(NCCN1CCOCC1)NCC(C)CN1CCN(C)CC1. The zero-order chi connectivity index (χ0) is 17.2. The summed E-state index contributed by atoms with van der Waals surface area (Å²) < 4.78 is 5.38. The predicted octanol–water partition coefficient (Wildman–Crippen LogP) is -0.633. The highest BCUT2D eigenvalue weighted by molar-refractivity contribution is 5.79. The molecule has 0 bridgehead atoms. The summed E-state index contributed by atoms with van der Waals surface area (Å²) in [6.07, 6.45) is 0. The fourth-order valence-corrected chi connectivity index (χ4v) is 3.18. The van der Waals surface area contributed by atoms with Gasteiger partial charge in [-0.05, 0) is 13.0 Å². The van der Waals surface area contributed by atoms with E-state index in [1.54, 1.807) is 0 Å². The van der Waals surface area contributed by atoms with Crippen LogP contribution in [0.2, 0.25) is 0 Å². The van der Waals surface area contributed by atoms with E-state index < -0.39 is 0 Å². The number of rotatable bonds is 7. The van der Waals surface area contributed by atoms with Gasteiger partial charge in [0.1, 0.15) is 0 Å². The molecule has 0 aliphatic carbocycles. The molecule has 2 aliphatic rings. The number of piperazine rings is 1. The molecule has 0 spiro atoms. The third-order valence-electron chi connectivity index (χ3n) is 4.83. The molecule has 1 atom stereocenters. The Morgan fingerprint density at radius 2 is 1.75 bits per heavy atom. The Hall–Kier alpha value is -0.890. The lowest BCUT2D eigenvalue weighted by Gasteiger charge is -2.34. The van der Waals surface area contributed by atoms with Crippen LogP contribution in [0.5, 0.6) is 0 Å². The predicted molar refractivity (Wildman–Crippen MR) is 99.7 cm³/mol. The largest absolute Gasteiger partial charge is 0.379 e. The monoisotopic (exact) mass is 340 g/mol. The van der Waals surface area contributed by atoms with Gasteiger partial charge in [-0.2, -0.15) is 0 Å². The number of guanidine groups is 1. The first-order valence-corrected chi connectivity index (χ1v) is 9.33. The van der Waals surface area contributed by atoms with Crippen molar-refractivity contribution in [3.8, 4) is 0 Å². The van der Waals surface area contributed by atoms with E-state index in [0.717, 1.165) is 58.4 Å². The molecule has 7 nitrogen and oxygen atoms in total. The van der Waals surface area contributed by atoms with Crippen molar-refractivity contribution in [2.75, 3.05) is 92.8 Å². The number of hydrogen-bond acceptors (Lipinski definition) is 5. The van der Waals surface area contributed by atoms with Gasteiger partial charge in [-0.3, -0.25) is 9.89 Å². The van der Waals surface area contributed by atoms with Gasteiger partial charge >= 0.3 is 0 Å². The van der Waals surface area contributed by atoms with Gasteiger partial charge in [0.05, 0.1) is 13.2 Å². The molecule has 0 aromatic heterocycles. The molecule has 2 rings (SSSR count). The molecule has 0 amide bonds. The lowest BCUT2D eigenvalue weighted by molar-refractivity contribution is 0.0389. The van der Waals surface area contributed by atoms with Gasteiger partial charge in [0.25, 0.3) is 0 Å². The first-order chi connectivity index (χ1) is 11.7. The Morgan fingerprint density at radius 3 is 2.42 bits per heavy atom. The zero-order valence-corrected chi connectivity index (χ0v) is 15.8. The molecular weight excluding hydrogens is 304 g/mol. The minimum absolute atomic E-state index is 0.617. The molecule has 7 heteroatoms. The molecule has 1 unspecified atom stereocenters. The number of aliphatic imine (C=N–C) groups is 1. The van der Waals surface area contributed by atoms with Crippen LogP contribution in [0, 0.1) is 5.92 Å². The van der Waals surface area contributed by atoms with Gasteiger partial charge in [-0.15, -0.1) is 0 Å². The molecule has 0 saturated carbocycles. The number of nitrogens with zero attached hydrogens (tertiary/aromatic N) is 4. The maximum atomic E-state index is 5.38. The number of nitrogens with one attached hydrogen (secondary N) is 2. The number of hydrogen-bond donors (Lipinski definition) is 2. The van der Waals surface area contributed by atoms with Crippen molar-refractivity contribution in [2.24, 2.45) is 10.9 Å². The molecule has 2 saturated heterocycles. The number of morpholine rings is 1. The van der Waals surface area contributed by atoms with Crippen LogP contribution in [-0.2, 0) is 4.74 Å². The van der Waals surface area contributed by atoms with Gasteiger partial charge in [0, 0.05) is 72.5 Å². The Kier molecular flexibility index (Phi) is 8.80. The summed E-state index contributed by atoms with van der Waals surface area (Å²) >= 11 is 0. The van der Waals surface area contributed by atoms with Crippen LogP contribution in [0.4, 0.5) is 0 Å². The zero-order valence-electron chi connectivity index (χ0n) is 15.8. The second-order valence-electron chi connectivity index (χ2n) is 7.04. The third-order valence-corrected chi connectivity index (χ3v) is 4.83. The van der Waals surface area contributed by atoms with E-state index in [1.165, 1.54) is 26.2 Å². The summed E-state index contributed by atoms with van der Waals surface area (Å²) in [4.78, 5) is 11.7. The molecule has 2 heterocycles. The van der Waals surface area contributed by atoms with Crippen LogP contribution in [0.1, 0.15) is 6.92 Å². The lowest BCUT2D eigenvalue weighted by Crippen LogP contribution is -2.48. The molecule has 0 aromatic carbocycles. The highest BCUT2D eigenvalue weighted by Gasteiger charge is 2.16. The minimum Gasteiger partial charge on any atom is -0.379 e. The molecule has 0 aromatic rings. The fourth-order valence-electron chi connectivity index (χ4n) is 3.18. The van der Waals surface area contributed by atoms with Gasteiger partial charge in [-0.25, -0.2) is 0 Å². The van der Waals surface area contributed by atoms with Crippen molar-refractivity contribution in [1.29, 1.82) is 0 Å². The summed E-state index contributed by atoms with van der Waals surface area (Å²) in [5.74, 6) is 1.53. The van der Waals surface area contributed by atoms with Gasteiger partial charge in [-0.1, -0.05) is 6.92 Å². The van der Waals surface area contributed by atoms with E-state index in [-0.39, 0.29) is 0 Å². The maximum Gasteiger partial charge on any atom is 0.191 e. The summed E-state index contributed by atoms with van der Waals surface area (Å²) in [6.45, 7) is 14.9. The summed E-state index contributed by atoms with van der Waals surface area (Å²) in [7, 11) is 4.05. The minimum atomic E-state index is 0.617. The highest BCUT2D eigenvalue weighted by atomic mass is 16.5. The molecule has 2 N–H and O–H groups in total. The van der Waals surface area contributed by atoms with Crippen molar-refractivity contribution in [2.45, 2.75) is 6.92 Å². The fraction of sp³-hybridized carbons (Fsp3) is 0.941. The Labute approximate surface area is 147 Å². The number of likely N-dealkylation sites (N-methyl/N-ethyl adjacent to an activating group) is 1. The molecule has 24 heavy (non-hydrogen) atoms.